The Morgan fingerprint density at radius 1 is 1.26 bits per heavy atom. The van der Waals surface area contributed by atoms with Gasteiger partial charge in [-0.25, -0.2) is 0 Å². The molecule has 0 aromatic heterocycles. The Balaban J connectivity index is 1.62. The van der Waals surface area contributed by atoms with E-state index in [1.54, 1.807) is 0 Å². The van der Waals surface area contributed by atoms with Gasteiger partial charge in [-0.1, -0.05) is 31.5 Å². The van der Waals surface area contributed by atoms with Crippen molar-refractivity contribution in [2.45, 2.75) is 51.0 Å². The molecule has 1 aliphatic heterocycles. The fraction of sp³-hybridized carbons (Fsp3) is 0.647. The molecule has 2 aliphatic rings. The van der Waals surface area contributed by atoms with Crippen LogP contribution in [0.25, 0.3) is 0 Å². The Labute approximate surface area is 116 Å². The number of hydrogen-bond donors (Lipinski definition) is 1. The minimum absolute atomic E-state index is 0.616. The van der Waals surface area contributed by atoms with Crippen LogP contribution in [0.15, 0.2) is 24.3 Å². The molecule has 2 heteroatoms. The lowest BCUT2D eigenvalue weighted by Gasteiger charge is -2.23. The summed E-state index contributed by atoms with van der Waals surface area (Å²) in [5.74, 6) is 2.57. The van der Waals surface area contributed by atoms with Gasteiger partial charge in [0, 0.05) is 17.5 Å². The molecule has 1 saturated carbocycles. The van der Waals surface area contributed by atoms with Crippen molar-refractivity contribution in [1.82, 2.24) is 5.32 Å². The molecule has 3 atom stereocenters. The van der Waals surface area contributed by atoms with Crippen molar-refractivity contribution >= 4 is 0 Å². The summed E-state index contributed by atoms with van der Waals surface area (Å²) < 4.78 is 5.82. The largest absolute Gasteiger partial charge is 0.493 e. The van der Waals surface area contributed by atoms with Crippen LogP contribution in [-0.4, -0.2) is 19.2 Å². The fourth-order valence-corrected chi connectivity index (χ4v) is 3.71. The molecule has 0 spiro atoms. The van der Waals surface area contributed by atoms with Crippen LogP contribution in [0.4, 0.5) is 0 Å². The fourth-order valence-electron chi connectivity index (χ4n) is 3.71. The molecule has 3 unspecified atom stereocenters. The van der Waals surface area contributed by atoms with E-state index in [2.05, 4.69) is 36.5 Å². The third-order valence-corrected chi connectivity index (χ3v) is 4.70. The van der Waals surface area contributed by atoms with E-state index in [0.29, 0.717) is 5.92 Å². The first-order valence-electron chi connectivity index (χ1n) is 7.83. The first-order chi connectivity index (χ1) is 9.38. The molecule has 0 bridgehead atoms. The molecule has 0 saturated heterocycles. The average Bonchev–Trinajstić information content (AvgIpc) is 3.05. The van der Waals surface area contributed by atoms with Gasteiger partial charge in [0.2, 0.25) is 0 Å². The van der Waals surface area contributed by atoms with Gasteiger partial charge in [0.15, 0.2) is 0 Å². The van der Waals surface area contributed by atoms with Crippen molar-refractivity contribution in [3.05, 3.63) is 29.8 Å². The van der Waals surface area contributed by atoms with Crippen molar-refractivity contribution in [3.8, 4) is 5.75 Å². The number of hydrogen-bond acceptors (Lipinski definition) is 2. The van der Waals surface area contributed by atoms with Crippen LogP contribution in [0.3, 0.4) is 0 Å². The Morgan fingerprint density at radius 3 is 3.05 bits per heavy atom. The van der Waals surface area contributed by atoms with Gasteiger partial charge in [-0.2, -0.15) is 0 Å². The molecule has 0 amide bonds. The number of fused-ring (bicyclic) bond motifs is 1. The molecule has 1 N–H and O–H groups in total. The number of para-hydroxylation sites is 1. The second kappa shape index (κ2) is 5.96. The maximum absolute atomic E-state index is 5.82. The van der Waals surface area contributed by atoms with Gasteiger partial charge in [-0.3, -0.25) is 0 Å². The van der Waals surface area contributed by atoms with Crippen LogP contribution >= 0.6 is 0 Å². The quantitative estimate of drug-likeness (QED) is 0.870. The Bertz CT molecular complexity index is 417. The van der Waals surface area contributed by atoms with Gasteiger partial charge in [-0.15, -0.1) is 0 Å². The first kappa shape index (κ1) is 13.0. The summed E-state index contributed by atoms with van der Waals surface area (Å²) in [6, 6.07) is 9.31. The maximum Gasteiger partial charge on any atom is 0.122 e. The van der Waals surface area contributed by atoms with E-state index in [4.69, 9.17) is 4.74 Å². The lowest BCUT2D eigenvalue weighted by atomic mass is 9.87. The van der Waals surface area contributed by atoms with E-state index in [1.807, 2.05) is 0 Å². The molecule has 2 nitrogen and oxygen atoms in total. The minimum Gasteiger partial charge on any atom is -0.493 e. The molecule has 19 heavy (non-hydrogen) atoms. The molecule has 1 aromatic rings. The van der Waals surface area contributed by atoms with Crippen molar-refractivity contribution in [3.63, 3.8) is 0 Å². The number of rotatable bonds is 5. The average molecular weight is 259 g/mol. The number of benzene rings is 1. The molecule has 1 fully saturated rings. The highest BCUT2D eigenvalue weighted by Gasteiger charge is 2.32. The van der Waals surface area contributed by atoms with Crippen LogP contribution in [0.2, 0.25) is 0 Å². The SMILES string of the molecule is CCCNC1CCCC1CC1COc2ccccc21. The monoisotopic (exact) mass is 259 g/mol. The van der Waals surface area contributed by atoms with Gasteiger partial charge in [0.05, 0.1) is 6.61 Å². The second-order valence-electron chi connectivity index (χ2n) is 6.03. The Morgan fingerprint density at radius 2 is 2.16 bits per heavy atom. The van der Waals surface area contributed by atoms with Crippen LogP contribution in [-0.2, 0) is 0 Å². The summed E-state index contributed by atoms with van der Waals surface area (Å²) in [6.45, 7) is 4.30. The lowest BCUT2D eigenvalue weighted by Crippen LogP contribution is -2.33. The number of ether oxygens (including phenoxy) is 1. The Kier molecular flexibility index (Phi) is 4.07. The lowest BCUT2D eigenvalue weighted by molar-refractivity contribution is 0.290. The van der Waals surface area contributed by atoms with E-state index >= 15 is 0 Å². The molecule has 104 valence electrons. The summed E-state index contributed by atoms with van der Waals surface area (Å²) in [7, 11) is 0. The van der Waals surface area contributed by atoms with Crippen LogP contribution in [0.1, 0.15) is 50.5 Å². The zero-order valence-corrected chi connectivity index (χ0v) is 11.9. The Hall–Kier alpha value is -1.02. The van der Waals surface area contributed by atoms with Gasteiger partial charge < -0.3 is 10.1 Å². The second-order valence-corrected chi connectivity index (χ2v) is 6.03. The van der Waals surface area contributed by atoms with E-state index in [1.165, 1.54) is 44.2 Å². The molecule has 0 radical (unpaired) electrons. The topological polar surface area (TPSA) is 21.3 Å². The highest BCUT2D eigenvalue weighted by molar-refractivity contribution is 5.39. The summed E-state index contributed by atoms with van der Waals surface area (Å²) in [6.07, 6.45) is 6.66. The molecule has 1 aromatic carbocycles. The predicted octanol–water partition coefficient (Wildman–Crippen LogP) is 3.72. The molecule has 3 rings (SSSR count). The minimum atomic E-state index is 0.616. The van der Waals surface area contributed by atoms with E-state index < -0.39 is 0 Å². The van der Waals surface area contributed by atoms with Gasteiger partial charge in [-0.05, 0) is 44.2 Å². The molecular weight excluding hydrogens is 234 g/mol. The van der Waals surface area contributed by atoms with Crippen molar-refractivity contribution in [2.24, 2.45) is 5.92 Å². The highest BCUT2D eigenvalue weighted by Crippen LogP contribution is 2.40. The summed E-state index contributed by atoms with van der Waals surface area (Å²) in [4.78, 5) is 0. The van der Waals surface area contributed by atoms with E-state index in [9.17, 15) is 0 Å². The smallest absolute Gasteiger partial charge is 0.122 e. The van der Waals surface area contributed by atoms with Crippen molar-refractivity contribution < 1.29 is 4.74 Å². The zero-order chi connectivity index (χ0) is 13.1. The van der Waals surface area contributed by atoms with Crippen molar-refractivity contribution in [1.29, 1.82) is 0 Å². The van der Waals surface area contributed by atoms with Gasteiger partial charge >= 0.3 is 0 Å². The zero-order valence-electron chi connectivity index (χ0n) is 11.9. The maximum atomic E-state index is 5.82. The molecule has 1 aliphatic carbocycles. The highest BCUT2D eigenvalue weighted by atomic mass is 16.5. The van der Waals surface area contributed by atoms with Crippen LogP contribution in [0, 0.1) is 5.92 Å². The normalized spacial score (nSPS) is 29.2. The third-order valence-electron chi connectivity index (χ3n) is 4.70. The van der Waals surface area contributed by atoms with Gasteiger partial charge in [0.1, 0.15) is 5.75 Å². The van der Waals surface area contributed by atoms with Crippen molar-refractivity contribution in [2.75, 3.05) is 13.2 Å². The summed E-state index contributed by atoms with van der Waals surface area (Å²) >= 11 is 0. The van der Waals surface area contributed by atoms with Crippen LogP contribution < -0.4 is 10.1 Å². The first-order valence-corrected chi connectivity index (χ1v) is 7.83. The van der Waals surface area contributed by atoms with E-state index in [-0.39, 0.29) is 0 Å². The predicted molar refractivity (Wildman–Crippen MR) is 78.7 cm³/mol. The number of nitrogens with one attached hydrogen (secondary N) is 1. The summed E-state index contributed by atoms with van der Waals surface area (Å²) in [5.41, 5.74) is 1.43. The molecular formula is C17H25NO. The van der Waals surface area contributed by atoms with Crippen LogP contribution in [0.5, 0.6) is 5.75 Å². The summed E-state index contributed by atoms with van der Waals surface area (Å²) in [5, 5.41) is 3.74. The van der Waals surface area contributed by atoms with Gasteiger partial charge in [0.25, 0.3) is 0 Å². The standard InChI is InChI=1S/C17H25NO/c1-2-10-18-16-8-5-6-13(16)11-14-12-19-17-9-4-3-7-15(14)17/h3-4,7,9,13-14,16,18H,2,5-6,8,10-12H2,1H3. The third kappa shape index (κ3) is 2.79. The molecule has 1 heterocycles. The van der Waals surface area contributed by atoms with E-state index in [0.717, 1.165) is 24.3 Å².